The molecule has 7 heteroatoms. The van der Waals surface area contributed by atoms with Gasteiger partial charge in [0.05, 0.1) is 17.6 Å². The monoisotopic (exact) mass is 441 g/mol. The SMILES string of the molecule is CCC(NC(=O)CCc1ccc(OC)c(Br)c1)c1ccccc1OC(F)F. The first-order valence-corrected chi connectivity index (χ1v) is 9.39. The first-order valence-electron chi connectivity index (χ1n) is 8.60. The van der Waals surface area contributed by atoms with Crippen LogP contribution in [0.4, 0.5) is 8.78 Å². The molecule has 27 heavy (non-hydrogen) atoms. The van der Waals surface area contributed by atoms with Gasteiger partial charge in [0.2, 0.25) is 5.91 Å². The lowest BCUT2D eigenvalue weighted by molar-refractivity contribution is -0.121. The zero-order valence-corrected chi connectivity index (χ0v) is 16.8. The van der Waals surface area contributed by atoms with Crippen molar-refractivity contribution >= 4 is 21.8 Å². The highest BCUT2D eigenvalue weighted by Crippen LogP contribution is 2.29. The predicted octanol–water partition coefficient (Wildman–Crippen LogP) is 5.26. The highest BCUT2D eigenvalue weighted by molar-refractivity contribution is 9.10. The molecule has 0 saturated carbocycles. The second kappa shape index (κ2) is 10.3. The number of benzene rings is 2. The van der Waals surface area contributed by atoms with Crippen LogP contribution in [0.15, 0.2) is 46.9 Å². The summed E-state index contributed by atoms with van der Waals surface area (Å²) in [6, 6.07) is 11.8. The van der Waals surface area contributed by atoms with E-state index in [1.165, 1.54) is 6.07 Å². The lowest BCUT2D eigenvalue weighted by atomic mass is 10.0. The first-order chi connectivity index (χ1) is 12.9. The summed E-state index contributed by atoms with van der Waals surface area (Å²) in [5.41, 5.74) is 1.54. The van der Waals surface area contributed by atoms with E-state index < -0.39 is 12.7 Å². The van der Waals surface area contributed by atoms with Gasteiger partial charge in [-0.1, -0.05) is 31.2 Å². The van der Waals surface area contributed by atoms with E-state index >= 15 is 0 Å². The molecular formula is C20H22BrF2NO3. The molecule has 0 heterocycles. The van der Waals surface area contributed by atoms with E-state index in [9.17, 15) is 13.6 Å². The molecule has 1 atom stereocenters. The summed E-state index contributed by atoms with van der Waals surface area (Å²) in [4.78, 5) is 12.4. The minimum absolute atomic E-state index is 0.0822. The number of methoxy groups -OCH3 is 1. The predicted molar refractivity (Wildman–Crippen MR) is 103 cm³/mol. The van der Waals surface area contributed by atoms with Crippen LogP contribution < -0.4 is 14.8 Å². The van der Waals surface area contributed by atoms with E-state index in [-0.39, 0.29) is 18.1 Å². The Morgan fingerprint density at radius 2 is 1.93 bits per heavy atom. The van der Waals surface area contributed by atoms with Crippen LogP contribution in [0, 0.1) is 0 Å². The van der Waals surface area contributed by atoms with E-state index in [4.69, 9.17) is 4.74 Å². The number of amides is 1. The van der Waals surface area contributed by atoms with Gasteiger partial charge in [0.15, 0.2) is 0 Å². The second-order valence-corrected chi connectivity index (χ2v) is 6.77. The number of alkyl halides is 2. The Bertz CT molecular complexity index is 771. The number of ether oxygens (including phenoxy) is 2. The van der Waals surface area contributed by atoms with Gasteiger partial charge in [-0.05, 0) is 52.5 Å². The van der Waals surface area contributed by atoms with E-state index in [0.29, 0.717) is 18.4 Å². The van der Waals surface area contributed by atoms with Gasteiger partial charge in [-0.3, -0.25) is 4.79 Å². The molecule has 0 fully saturated rings. The topological polar surface area (TPSA) is 47.6 Å². The average molecular weight is 442 g/mol. The van der Waals surface area contributed by atoms with Crippen molar-refractivity contribution in [3.05, 3.63) is 58.1 Å². The van der Waals surface area contributed by atoms with E-state index in [0.717, 1.165) is 15.8 Å². The molecule has 2 rings (SSSR count). The minimum atomic E-state index is -2.91. The largest absolute Gasteiger partial charge is 0.496 e. The van der Waals surface area contributed by atoms with Gasteiger partial charge in [-0.25, -0.2) is 0 Å². The molecule has 0 saturated heterocycles. The van der Waals surface area contributed by atoms with Crippen LogP contribution in [0.5, 0.6) is 11.5 Å². The summed E-state index contributed by atoms with van der Waals surface area (Å²) in [5.74, 6) is 0.657. The fraction of sp³-hybridized carbons (Fsp3) is 0.350. The normalized spacial score (nSPS) is 11.9. The first kappa shape index (κ1) is 21.2. The summed E-state index contributed by atoms with van der Waals surface area (Å²) in [6.07, 6.45) is 1.40. The number of hydrogen-bond acceptors (Lipinski definition) is 3. The Morgan fingerprint density at radius 1 is 1.19 bits per heavy atom. The van der Waals surface area contributed by atoms with E-state index in [1.807, 2.05) is 25.1 Å². The van der Waals surface area contributed by atoms with Gasteiger partial charge in [0.25, 0.3) is 0 Å². The Labute approximate surface area is 166 Å². The number of hydrogen-bond donors (Lipinski definition) is 1. The fourth-order valence-electron chi connectivity index (χ4n) is 2.76. The summed E-state index contributed by atoms with van der Waals surface area (Å²) < 4.78 is 35.8. The molecule has 1 N–H and O–H groups in total. The van der Waals surface area contributed by atoms with Gasteiger partial charge < -0.3 is 14.8 Å². The van der Waals surface area contributed by atoms with Crippen molar-refractivity contribution in [2.24, 2.45) is 0 Å². The third kappa shape index (κ3) is 6.20. The van der Waals surface area contributed by atoms with Gasteiger partial charge in [0.1, 0.15) is 11.5 Å². The minimum Gasteiger partial charge on any atom is -0.496 e. The van der Waals surface area contributed by atoms with Crippen LogP contribution in [0.1, 0.15) is 36.9 Å². The Kier molecular flexibility index (Phi) is 8.03. The highest BCUT2D eigenvalue weighted by atomic mass is 79.9. The standard InChI is InChI=1S/C20H22BrF2NO3/c1-3-16(14-6-4-5-7-17(14)27-20(22)23)24-19(25)11-9-13-8-10-18(26-2)15(21)12-13/h4-8,10,12,16,20H,3,9,11H2,1-2H3,(H,24,25). The zero-order valence-electron chi connectivity index (χ0n) is 15.2. The number of carbonyl (C=O) groups excluding carboxylic acids is 1. The maximum Gasteiger partial charge on any atom is 0.387 e. The molecule has 0 aliphatic carbocycles. The van der Waals surface area contributed by atoms with Crippen LogP contribution in [-0.2, 0) is 11.2 Å². The van der Waals surface area contributed by atoms with E-state index in [1.54, 1.807) is 25.3 Å². The molecular weight excluding hydrogens is 420 g/mol. The lowest BCUT2D eigenvalue weighted by Gasteiger charge is -2.20. The van der Waals surface area contributed by atoms with Gasteiger partial charge in [0, 0.05) is 12.0 Å². The van der Waals surface area contributed by atoms with E-state index in [2.05, 4.69) is 26.0 Å². The molecule has 2 aromatic rings. The van der Waals surface area contributed by atoms with Gasteiger partial charge in [-0.15, -0.1) is 0 Å². The summed E-state index contributed by atoms with van der Waals surface area (Å²) in [5, 5.41) is 2.90. The van der Waals surface area contributed by atoms with Crippen molar-refractivity contribution in [1.82, 2.24) is 5.32 Å². The number of para-hydroxylation sites is 1. The highest BCUT2D eigenvalue weighted by Gasteiger charge is 2.18. The van der Waals surface area contributed by atoms with Crippen molar-refractivity contribution in [3.63, 3.8) is 0 Å². The molecule has 1 unspecified atom stereocenters. The van der Waals surface area contributed by atoms with Crippen LogP contribution in [-0.4, -0.2) is 19.6 Å². The quantitative estimate of drug-likeness (QED) is 0.577. The Balaban J connectivity index is 2.00. The average Bonchev–Trinajstić information content (AvgIpc) is 2.64. The smallest absolute Gasteiger partial charge is 0.387 e. The number of aryl methyl sites for hydroxylation is 1. The molecule has 0 aliphatic heterocycles. The molecule has 146 valence electrons. The number of nitrogens with one attached hydrogen (secondary N) is 1. The molecule has 1 amide bonds. The van der Waals surface area contributed by atoms with Crippen molar-refractivity contribution in [2.45, 2.75) is 38.8 Å². The summed E-state index contributed by atoms with van der Waals surface area (Å²) >= 11 is 3.42. The van der Waals surface area contributed by atoms with Gasteiger partial charge in [-0.2, -0.15) is 8.78 Å². The second-order valence-electron chi connectivity index (χ2n) is 5.91. The maximum atomic E-state index is 12.6. The van der Waals surface area contributed by atoms with Crippen LogP contribution in [0.25, 0.3) is 0 Å². The maximum absolute atomic E-state index is 12.6. The third-order valence-corrected chi connectivity index (χ3v) is 4.73. The van der Waals surface area contributed by atoms with Crippen molar-refractivity contribution in [3.8, 4) is 11.5 Å². The molecule has 0 radical (unpaired) electrons. The summed E-state index contributed by atoms with van der Waals surface area (Å²) in [7, 11) is 1.59. The molecule has 0 aliphatic rings. The molecule has 4 nitrogen and oxygen atoms in total. The Morgan fingerprint density at radius 3 is 2.56 bits per heavy atom. The van der Waals surface area contributed by atoms with Crippen LogP contribution in [0.3, 0.4) is 0 Å². The third-order valence-electron chi connectivity index (χ3n) is 4.11. The lowest BCUT2D eigenvalue weighted by Crippen LogP contribution is -2.28. The Hall–Kier alpha value is -2.15. The van der Waals surface area contributed by atoms with Crippen molar-refractivity contribution in [2.75, 3.05) is 7.11 Å². The van der Waals surface area contributed by atoms with Crippen LogP contribution in [0.2, 0.25) is 0 Å². The van der Waals surface area contributed by atoms with Crippen LogP contribution >= 0.6 is 15.9 Å². The fourth-order valence-corrected chi connectivity index (χ4v) is 3.35. The molecule has 2 aromatic carbocycles. The zero-order chi connectivity index (χ0) is 19.8. The summed E-state index contributed by atoms with van der Waals surface area (Å²) in [6.45, 7) is -1.03. The van der Waals surface area contributed by atoms with Gasteiger partial charge >= 0.3 is 6.61 Å². The number of rotatable bonds is 9. The number of halogens is 3. The molecule has 0 spiro atoms. The number of carbonyl (C=O) groups is 1. The molecule has 0 aromatic heterocycles. The van der Waals surface area contributed by atoms with Crippen molar-refractivity contribution in [1.29, 1.82) is 0 Å². The van der Waals surface area contributed by atoms with Crippen molar-refractivity contribution < 1.29 is 23.0 Å². The molecule has 0 bridgehead atoms.